The molecule has 0 aliphatic carbocycles. The second-order valence-electron chi connectivity index (χ2n) is 7.16. The van der Waals surface area contributed by atoms with Crippen molar-refractivity contribution in [1.82, 2.24) is 10.4 Å². The van der Waals surface area contributed by atoms with Crippen molar-refractivity contribution in [2.75, 3.05) is 10.8 Å². The summed E-state index contributed by atoms with van der Waals surface area (Å²) in [5.74, 6) is -1.24. The van der Waals surface area contributed by atoms with Crippen molar-refractivity contribution >= 4 is 50.3 Å². The molecule has 10 heteroatoms. The highest BCUT2D eigenvalue weighted by Crippen LogP contribution is 2.24. The number of hydrogen-bond acceptors (Lipinski definition) is 5. The first-order chi connectivity index (χ1) is 16.3. The van der Waals surface area contributed by atoms with Gasteiger partial charge < -0.3 is 0 Å². The molecule has 4 rings (SSSR count). The van der Waals surface area contributed by atoms with Crippen LogP contribution in [-0.2, 0) is 14.8 Å². The van der Waals surface area contributed by atoms with E-state index in [1.165, 1.54) is 30.5 Å². The van der Waals surface area contributed by atoms with Gasteiger partial charge in [-0.3, -0.25) is 9.10 Å². The lowest BCUT2D eigenvalue weighted by Crippen LogP contribution is -2.39. The number of benzene rings is 3. The summed E-state index contributed by atoms with van der Waals surface area (Å²) in [6.07, 6.45) is 1.33. The molecule has 3 aromatic carbocycles. The fourth-order valence-corrected chi connectivity index (χ4v) is 4.82. The molecule has 172 valence electrons. The predicted octanol–water partition coefficient (Wildman–Crippen LogP) is 4.37. The Morgan fingerprint density at radius 1 is 1.03 bits per heavy atom. The van der Waals surface area contributed by atoms with Crippen LogP contribution in [0.4, 0.5) is 10.1 Å². The maximum absolute atomic E-state index is 13.4. The lowest BCUT2D eigenvalue weighted by Gasteiger charge is -2.23. The molecule has 0 unspecified atom stereocenters. The molecule has 0 aliphatic rings. The molecule has 0 atom stereocenters. The Bertz CT molecular complexity index is 1460. The first-order valence-corrected chi connectivity index (χ1v) is 11.9. The molecule has 1 amide bonds. The maximum Gasteiger partial charge on any atom is 0.264 e. The number of carbonyl (C=O) groups excluding carboxylic acids is 1. The Balaban J connectivity index is 1.55. The lowest BCUT2D eigenvalue weighted by molar-refractivity contribution is -0.119. The number of nitrogens with zero attached hydrogens (tertiary/aromatic N) is 3. The Labute approximate surface area is 200 Å². The number of amides is 1. The van der Waals surface area contributed by atoms with Crippen LogP contribution in [0.5, 0.6) is 0 Å². The van der Waals surface area contributed by atoms with E-state index in [9.17, 15) is 17.6 Å². The van der Waals surface area contributed by atoms with Crippen LogP contribution in [0.1, 0.15) is 5.56 Å². The van der Waals surface area contributed by atoms with Crippen molar-refractivity contribution in [3.05, 3.63) is 101 Å². The second-order valence-corrected chi connectivity index (χ2v) is 9.38. The zero-order valence-electron chi connectivity index (χ0n) is 17.6. The monoisotopic (exact) mass is 496 g/mol. The predicted molar refractivity (Wildman–Crippen MR) is 130 cm³/mol. The third-order valence-electron chi connectivity index (χ3n) is 4.83. The summed E-state index contributed by atoms with van der Waals surface area (Å²) in [5, 5.41) is 4.94. The van der Waals surface area contributed by atoms with Crippen LogP contribution in [0.3, 0.4) is 0 Å². The normalized spacial score (nSPS) is 11.6. The van der Waals surface area contributed by atoms with Gasteiger partial charge in [-0.1, -0.05) is 48.0 Å². The van der Waals surface area contributed by atoms with Gasteiger partial charge in [-0.25, -0.2) is 23.2 Å². The fraction of sp³-hybridized carbons (Fsp3) is 0.0417. The lowest BCUT2D eigenvalue weighted by atomic mass is 10.2. The number of nitrogens with one attached hydrogen (secondary N) is 1. The molecule has 34 heavy (non-hydrogen) atoms. The molecule has 7 nitrogen and oxygen atoms in total. The average Bonchev–Trinajstić information content (AvgIpc) is 2.84. The van der Waals surface area contributed by atoms with Gasteiger partial charge in [0, 0.05) is 10.9 Å². The summed E-state index contributed by atoms with van der Waals surface area (Å²) in [5.41, 5.74) is 3.63. The number of sulfonamides is 1. The molecule has 1 heterocycles. The number of para-hydroxylation sites is 1. The Hall–Kier alpha value is -3.82. The highest BCUT2D eigenvalue weighted by Gasteiger charge is 2.27. The van der Waals surface area contributed by atoms with Crippen molar-refractivity contribution in [2.24, 2.45) is 5.10 Å². The van der Waals surface area contributed by atoms with E-state index < -0.39 is 28.3 Å². The number of hydrogen-bond donors (Lipinski definition) is 1. The van der Waals surface area contributed by atoms with E-state index in [0.717, 1.165) is 27.3 Å². The van der Waals surface area contributed by atoms with E-state index in [1.807, 2.05) is 24.3 Å². The molecule has 0 saturated carbocycles. The highest BCUT2D eigenvalue weighted by atomic mass is 35.5. The van der Waals surface area contributed by atoms with Gasteiger partial charge in [-0.15, -0.1) is 0 Å². The molecule has 0 saturated heterocycles. The van der Waals surface area contributed by atoms with Gasteiger partial charge >= 0.3 is 0 Å². The first-order valence-electron chi connectivity index (χ1n) is 10.0. The largest absolute Gasteiger partial charge is 0.271 e. The fourth-order valence-electron chi connectivity index (χ4n) is 3.18. The third-order valence-corrected chi connectivity index (χ3v) is 6.92. The van der Waals surface area contributed by atoms with Crippen molar-refractivity contribution in [2.45, 2.75) is 4.90 Å². The van der Waals surface area contributed by atoms with Gasteiger partial charge in [-0.2, -0.15) is 5.10 Å². The summed E-state index contributed by atoms with van der Waals surface area (Å²) in [4.78, 5) is 16.9. The van der Waals surface area contributed by atoms with Crippen LogP contribution in [0.2, 0.25) is 5.15 Å². The summed E-state index contributed by atoms with van der Waals surface area (Å²) in [6, 6.07) is 21.6. The SMILES string of the molecule is O=C(CN(c1ccc(F)cc1)S(=O)(=O)c1ccccc1)N/N=C\c1cc2ccccc2nc1Cl. The summed E-state index contributed by atoms with van der Waals surface area (Å²) >= 11 is 6.19. The molecule has 4 aromatic rings. The molecule has 0 fully saturated rings. The van der Waals surface area contributed by atoms with Gasteiger partial charge in [-0.05, 0) is 48.5 Å². The van der Waals surface area contributed by atoms with Crippen LogP contribution >= 0.6 is 11.6 Å². The van der Waals surface area contributed by atoms with Gasteiger partial charge in [0.05, 0.1) is 22.3 Å². The van der Waals surface area contributed by atoms with Crippen LogP contribution in [0, 0.1) is 5.82 Å². The Morgan fingerprint density at radius 3 is 2.44 bits per heavy atom. The van der Waals surface area contributed by atoms with Gasteiger partial charge in [0.25, 0.3) is 15.9 Å². The van der Waals surface area contributed by atoms with E-state index >= 15 is 0 Å². The van der Waals surface area contributed by atoms with Gasteiger partial charge in [0.2, 0.25) is 0 Å². The molecule has 0 radical (unpaired) electrons. The summed E-state index contributed by atoms with van der Waals surface area (Å²) in [7, 11) is -4.10. The molecule has 0 aliphatic heterocycles. The van der Waals surface area contributed by atoms with Crippen LogP contribution in [0.15, 0.2) is 94.9 Å². The minimum atomic E-state index is -4.10. The molecular formula is C24H18ClFN4O3S. The molecule has 1 N–H and O–H groups in total. The topological polar surface area (TPSA) is 91.7 Å². The van der Waals surface area contributed by atoms with E-state index in [4.69, 9.17) is 11.6 Å². The van der Waals surface area contributed by atoms with Crippen LogP contribution < -0.4 is 9.73 Å². The van der Waals surface area contributed by atoms with Crippen molar-refractivity contribution in [3.8, 4) is 0 Å². The number of anilines is 1. The minimum Gasteiger partial charge on any atom is -0.271 e. The minimum absolute atomic E-state index is 0.00959. The van der Waals surface area contributed by atoms with E-state index in [0.29, 0.717) is 5.56 Å². The number of fused-ring (bicyclic) bond motifs is 1. The number of halogens is 2. The maximum atomic E-state index is 13.4. The zero-order valence-corrected chi connectivity index (χ0v) is 19.2. The van der Waals surface area contributed by atoms with Crippen molar-refractivity contribution in [3.63, 3.8) is 0 Å². The quantitative estimate of drug-likeness (QED) is 0.233. The molecular weight excluding hydrogens is 479 g/mol. The highest BCUT2D eigenvalue weighted by molar-refractivity contribution is 7.92. The van der Waals surface area contributed by atoms with Crippen molar-refractivity contribution in [1.29, 1.82) is 0 Å². The van der Waals surface area contributed by atoms with Gasteiger partial charge in [0.15, 0.2) is 0 Å². The Morgan fingerprint density at radius 2 is 1.71 bits per heavy atom. The summed E-state index contributed by atoms with van der Waals surface area (Å²) in [6.45, 7) is -0.579. The Kier molecular flexibility index (Phi) is 6.85. The van der Waals surface area contributed by atoms with E-state index in [1.54, 1.807) is 24.3 Å². The van der Waals surface area contributed by atoms with Crippen LogP contribution in [0.25, 0.3) is 10.9 Å². The first kappa shape index (κ1) is 23.3. The number of hydrazone groups is 1. The molecule has 1 aromatic heterocycles. The van der Waals surface area contributed by atoms with Crippen molar-refractivity contribution < 1.29 is 17.6 Å². The number of rotatable bonds is 7. The second kappa shape index (κ2) is 9.98. The number of aromatic nitrogens is 1. The van der Waals surface area contributed by atoms with E-state index in [-0.39, 0.29) is 15.7 Å². The number of carbonyl (C=O) groups is 1. The standard InChI is InChI=1S/C24H18ClFN4O3S/c25-24-18(14-17-6-4-5-9-22(17)28-24)15-27-29-23(31)16-30(20-12-10-19(26)11-13-20)34(32,33)21-7-2-1-3-8-21/h1-15H,16H2,(H,29,31)/b27-15-. The smallest absolute Gasteiger partial charge is 0.264 e. The zero-order chi connectivity index (χ0) is 24.1. The van der Waals surface area contributed by atoms with Gasteiger partial charge in [0.1, 0.15) is 17.5 Å². The molecule has 0 spiro atoms. The number of pyridine rings is 1. The molecule has 0 bridgehead atoms. The third kappa shape index (κ3) is 5.22. The average molecular weight is 497 g/mol. The van der Waals surface area contributed by atoms with E-state index in [2.05, 4.69) is 15.5 Å². The summed E-state index contributed by atoms with van der Waals surface area (Å²) < 4.78 is 40.7. The van der Waals surface area contributed by atoms with Crippen LogP contribution in [-0.4, -0.2) is 32.1 Å².